The second-order valence-electron chi connectivity index (χ2n) is 9.33. The minimum absolute atomic E-state index is 0.0160. The van der Waals surface area contributed by atoms with E-state index in [4.69, 9.17) is 9.47 Å². The van der Waals surface area contributed by atoms with Crippen LogP contribution in [-0.2, 0) is 9.59 Å². The molecule has 1 N–H and O–H groups in total. The summed E-state index contributed by atoms with van der Waals surface area (Å²) in [5, 5.41) is 11.5. The van der Waals surface area contributed by atoms with Gasteiger partial charge in [0, 0.05) is 17.3 Å². The largest absolute Gasteiger partial charge is 0.573 e. The highest BCUT2D eigenvalue weighted by Crippen LogP contribution is 2.44. The maximum absolute atomic E-state index is 13.5. The third kappa shape index (κ3) is 5.75. The number of anilines is 1. The number of nitrogens with zero attached hydrogens (tertiary/aromatic N) is 1. The van der Waals surface area contributed by atoms with Gasteiger partial charge < -0.3 is 19.3 Å². The fourth-order valence-electron chi connectivity index (χ4n) is 4.65. The second-order valence-corrected chi connectivity index (χ2v) is 9.33. The topological polar surface area (TPSA) is 85.3 Å². The molecule has 3 aromatic carbocycles. The molecule has 0 bridgehead atoms. The van der Waals surface area contributed by atoms with Crippen LogP contribution in [0.2, 0.25) is 0 Å². The molecule has 40 heavy (non-hydrogen) atoms. The van der Waals surface area contributed by atoms with E-state index in [1.165, 1.54) is 19.2 Å². The molecule has 0 radical (unpaired) electrons. The van der Waals surface area contributed by atoms with Gasteiger partial charge in [0.25, 0.3) is 11.7 Å². The number of alkyl halides is 3. The lowest BCUT2D eigenvalue weighted by Gasteiger charge is -2.26. The first kappa shape index (κ1) is 28.5. The van der Waals surface area contributed by atoms with Gasteiger partial charge in [-0.05, 0) is 66.4 Å². The highest BCUT2D eigenvalue weighted by atomic mass is 19.4. The van der Waals surface area contributed by atoms with Crippen molar-refractivity contribution >= 4 is 23.1 Å². The standard InChI is InChI=1S/C30H28F3NO6/c1-5-39-24-13-12-19(15-23(24)17(2)3)27(35)25-26(18-8-6-10-21(14-18)38-4)34(29(37)28(25)36)20-9-7-11-22(16-20)40-30(31,32)33/h6-17,26,35H,5H2,1-4H3/b27-25-. The number of carbonyl (C=O) groups is 2. The quantitative estimate of drug-likeness (QED) is 0.188. The van der Waals surface area contributed by atoms with Gasteiger partial charge in [-0.3, -0.25) is 14.5 Å². The van der Waals surface area contributed by atoms with E-state index >= 15 is 0 Å². The van der Waals surface area contributed by atoms with E-state index in [0.29, 0.717) is 23.7 Å². The molecule has 1 aliphatic rings. The fourth-order valence-corrected chi connectivity index (χ4v) is 4.65. The summed E-state index contributed by atoms with van der Waals surface area (Å²) in [6.07, 6.45) is -4.96. The van der Waals surface area contributed by atoms with Gasteiger partial charge in [-0.15, -0.1) is 13.2 Å². The zero-order valence-electron chi connectivity index (χ0n) is 22.3. The van der Waals surface area contributed by atoms with Crippen molar-refractivity contribution in [3.63, 3.8) is 0 Å². The average molecular weight is 556 g/mol. The number of rotatable bonds is 8. The molecular weight excluding hydrogens is 527 g/mol. The van der Waals surface area contributed by atoms with Crippen molar-refractivity contribution in [1.82, 2.24) is 0 Å². The zero-order chi connectivity index (χ0) is 29.2. The van der Waals surface area contributed by atoms with Gasteiger partial charge in [-0.25, -0.2) is 0 Å². The van der Waals surface area contributed by atoms with E-state index in [1.807, 2.05) is 20.8 Å². The zero-order valence-corrected chi connectivity index (χ0v) is 22.3. The third-order valence-electron chi connectivity index (χ3n) is 6.39. The number of ketones is 1. The predicted octanol–water partition coefficient (Wildman–Crippen LogP) is 6.74. The summed E-state index contributed by atoms with van der Waals surface area (Å²) in [4.78, 5) is 27.9. The maximum atomic E-state index is 13.5. The number of benzene rings is 3. The molecule has 1 fully saturated rings. The number of ether oxygens (including phenoxy) is 3. The normalized spacial score (nSPS) is 16.9. The molecule has 10 heteroatoms. The average Bonchev–Trinajstić information content (AvgIpc) is 3.18. The van der Waals surface area contributed by atoms with Crippen LogP contribution in [0.15, 0.2) is 72.3 Å². The lowest BCUT2D eigenvalue weighted by molar-refractivity contribution is -0.274. The van der Waals surface area contributed by atoms with Crippen LogP contribution in [0.5, 0.6) is 17.2 Å². The first-order valence-electron chi connectivity index (χ1n) is 12.5. The Morgan fingerprint density at radius 1 is 1.00 bits per heavy atom. The van der Waals surface area contributed by atoms with Crippen LogP contribution in [-0.4, -0.2) is 36.9 Å². The number of halogens is 3. The molecule has 1 saturated heterocycles. The molecule has 7 nitrogen and oxygen atoms in total. The molecule has 1 aliphatic heterocycles. The van der Waals surface area contributed by atoms with Crippen molar-refractivity contribution in [2.45, 2.75) is 39.1 Å². The molecule has 0 spiro atoms. The first-order valence-corrected chi connectivity index (χ1v) is 12.5. The summed E-state index contributed by atoms with van der Waals surface area (Å²) in [5.41, 5.74) is 1.23. The van der Waals surface area contributed by atoms with Crippen molar-refractivity contribution < 1.29 is 42.1 Å². The Morgan fingerprint density at radius 2 is 1.70 bits per heavy atom. The number of carbonyl (C=O) groups excluding carboxylic acids is 2. The lowest BCUT2D eigenvalue weighted by atomic mass is 9.93. The number of amides is 1. The van der Waals surface area contributed by atoms with Gasteiger partial charge in [-0.2, -0.15) is 0 Å². The minimum atomic E-state index is -4.96. The molecule has 0 aromatic heterocycles. The molecule has 3 aromatic rings. The predicted molar refractivity (Wildman–Crippen MR) is 143 cm³/mol. The van der Waals surface area contributed by atoms with Crippen LogP contribution in [0.3, 0.4) is 0 Å². The Labute approximate surface area is 229 Å². The SMILES string of the molecule is CCOc1ccc(/C(O)=C2/C(=O)C(=O)N(c3cccc(OC(F)(F)F)c3)C2c2cccc(OC)c2)cc1C(C)C. The van der Waals surface area contributed by atoms with Crippen molar-refractivity contribution in [3.8, 4) is 17.2 Å². The van der Waals surface area contributed by atoms with E-state index in [9.17, 15) is 27.9 Å². The monoisotopic (exact) mass is 555 g/mol. The van der Waals surface area contributed by atoms with Gasteiger partial charge in [0.15, 0.2) is 0 Å². The number of aliphatic hydroxyl groups is 1. The smallest absolute Gasteiger partial charge is 0.507 e. The summed E-state index contributed by atoms with van der Waals surface area (Å²) in [7, 11) is 1.45. The molecule has 4 rings (SSSR count). The lowest BCUT2D eigenvalue weighted by Crippen LogP contribution is -2.29. The maximum Gasteiger partial charge on any atom is 0.573 e. The van der Waals surface area contributed by atoms with Gasteiger partial charge in [0.2, 0.25) is 0 Å². The molecule has 0 saturated carbocycles. The van der Waals surface area contributed by atoms with Crippen molar-refractivity contribution in [2.75, 3.05) is 18.6 Å². The van der Waals surface area contributed by atoms with E-state index < -0.39 is 35.6 Å². The van der Waals surface area contributed by atoms with Crippen LogP contribution >= 0.6 is 0 Å². The molecule has 1 atom stereocenters. The molecule has 1 heterocycles. The van der Waals surface area contributed by atoms with Gasteiger partial charge in [-0.1, -0.05) is 32.0 Å². The Hall–Kier alpha value is -4.47. The molecule has 210 valence electrons. The Morgan fingerprint density at radius 3 is 2.35 bits per heavy atom. The third-order valence-corrected chi connectivity index (χ3v) is 6.39. The van der Waals surface area contributed by atoms with Crippen LogP contribution in [0.1, 0.15) is 49.4 Å². The Kier molecular flexibility index (Phi) is 8.08. The second kappa shape index (κ2) is 11.3. The van der Waals surface area contributed by atoms with Crippen LogP contribution < -0.4 is 19.1 Å². The van der Waals surface area contributed by atoms with Crippen LogP contribution in [0.4, 0.5) is 18.9 Å². The molecular formula is C30H28F3NO6. The van der Waals surface area contributed by atoms with Crippen LogP contribution in [0.25, 0.3) is 5.76 Å². The van der Waals surface area contributed by atoms with E-state index in [0.717, 1.165) is 22.6 Å². The fraction of sp³-hybridized carbons (Fsp3) is 0.267. The first-order chi connectivity index (χ1) is 18.9. The highest BCUT2D eigenvalue weighted by Gasteiger charge is 2.47. The van der Waals surface area contributed by atoms with Crippen molar-refractivity contribution in [1.29, 1.82) is 0 Å². The number of aliphatic hydroxyl groups excluding tert-OH is 1. The molecule has 0 aliphatic carbocycles. The number of Topliss-reactive ketones (excluding diaryl/α,β-unsaturated/α-hetero) is 1. The van der Waals surface area contributed by atoms with Crippen molar-refractivity contribution in [3.05, 3.63) is 89.0 Å². The summed E-state index contributed by atoms with van der Waals surface area (Å²) in [5.74, 6) is -1.95. The van der Waals surface area contributed by atoms with Crippen molar-refractivity contribution in [2.24, 2.45) is 0 Å². The minimum Gasteiger partial charge on any atom is -0.507 e. The van der Waals surface area contributed by atoms with E-state index in [2.05, 4.69) is 4.74 Å². The summed E-state index contributed by atoms with van der Waals surface area (Å²) in [6.45, 7) is 6.19. The molecule has 1 unspecified atom stereocenters. The number of methoxy groups -OCH3 is 1. The van der Waals surface area contributed by atoms with Gasteiger partial charge in [0.05, 0.1) is 25.3 Å². The summed E-state index contributed by atoms with van der Waals surface area (Å²) in [6, 6.07) is 15.1. The Bertz CT molecular complexity index is 1460. The van der Waals surface area contributed by atoms with Gasteiger partial charge >= 0.3 is 6.36 Å². The van der Waals surface area contributed by atoms with E-state index in [-0.39, 0.29) is 22.7 Å². The Balaban J connectivity index is 1.93. The molecule has 1 amide bonds. The van der Waals surface area contributed by atoms with Gasteiger partial charge in [0.1, 0.15) is 23.0 Å². The highest BCUT2D eigenvalue weighted by molar-refractivity contribution is 6.51. The number of hydrogen-bond acceptors (Lipinski definition) is 6. The van der Waals surface area contributed by atoms with Crippen LogP contribution in [0, 0.1) is 0 Å². The van der Waals surface area contributed by atoms with E-state index in [1.54, 1.807) is 42.5 Å². The number of hydrogen-bond donors (Lipinski definition) is 1. The summed E-state index contributed by atoms with van der Waals surface area (Å²) < 4.78 is 53.8. The summed E-state index contributed by atoms with van der Waals surface area (Å²) >= 11 is 0.